The minimum absolute atomic E-state index is 0.301. The van der Waals surface area contributed by atoms with E-state index in [0.717, 1.165) is 39.4 Å². The van der Waals surface area contributed by atoms with E-state index in [4.69, 9.17) is 9.51 Å². The minimum Gasteiger partial charge on any atom is -0.389 e. The van der Waals surface area contributed by atoms with Crippen molar-refractivity contribution >= 4 is 16.9 Å². The SMILES string of the molecule is Cc1noc2c(-c3cccnc3N3CC(O)C3)cc(-c3ccccc3)nc12. The maximum absolute atomic E-state index is 9.70. The van der Waals surface area contributed by atoms with Crippen molar-refractivity contribution in [3.05, 3.63) is 60.4 Å². The summed E-state index contributed by atoms with van der Waals surface area (Å²) in [7, 11) is 0. The number of pyridine rings is 2. The molecule has 4 heterocycles. The molecular weight excluding hydrogens is 340 g/mol. The van der Waals surface area contributed by atoms with Crippen molar-refractivity contribution in [1.29, 1.82) is 0 Å². The molecule has 1 fully saturated rings. The van der Waals surface area contributed by atoms with Gasteiger partial charge in [-0.15, -0.1) is 0 Å². The highest BCUT2D eigenvalue weighted by atomic mass is 16.5. The Kier molecular flexibility index (Phi) is 3.65. The van der Waals surface area contributed by atoms with Crippen LogP contribution < -0.4 is 4.90 Å². The van der Waals surface area contributed by atoms with Gasteiger partial charge in [0, 0.05) is 36.0 Å². The fourth-order valence-electron chi connectivity index (χ4n) is 3.47. The molecule has 1 saturated heterocycles. The molecule has 0 saturated carbocycles. The van der Waals surface area contributed by atoms with Gasteiger partial charge in [-0.25, -0.2) is 9.97 Å². The number of aliphatic hydroxyl groups excluding tert-OH is 1. The van der Waals surface area contributed by atoms with Crippen LogP contribution in [0.1, 0.15) is 5.69 Å². The lowest BCUT2D eigenvalue weighted by Crippen LogP contribution is -2.51. The zero-order valence-electron chi connectivity index (χ0n) is 14.8. The molecule has 1 aliphatic heterocycles. The summed E-state index contributed by atoms with van der Waals surface area (Å²) < 4.78 is 5.62. The molecule has 0 aliphatic carbocycles. The summed E-state index contributed by atoms with van der Waals surface area (Å²) in [6.07, 6.45) is 1.47. The molecule has 6 nitrogen and oxygen atoms in total. The van der Waals surface area contributed by atoms with Crippen LogP contribution in [-0.4, -0.2) is 39.4 Å². The van der Waals surface area contributed by atoms with Gasteiger partial charge in [0.15, 0.2) is 5.58 Å². The van der Waals surface area contributed by atoms with Crippen LogP contribution in [0.2, 0.25) is 0 Å². The van der Waals surface area contributed by atoms with Crippen molar-refractivity contribution in [3.63, 3.8) is 0 Å². The van der Waals surface area contributed by atoms with Crippen LogP contribution in [0, 0.1) is 6.92 Å². The number of anilines is 1. The van der Waals surface area contributed by atoms with Crippen LogP contribution >= 0.6 is 0 Å². The molecule has 0 bridgehead atoms. The van der Waals surface area contributed by atoms with Crippen LogP contribution in [0.25, 0.3) is 33.5 Å². The van der Waals surface area contributed by atoms with Gasteiger partial charge >= 0.3 is 0 Å². The number of fused-ring (bicyclic) bond motifs is 1. The average molecular weight is 358 g/mol. The van der Waals surface area contributed by atoms with Gasteiger partial charge in [-0.05, 0) is 25.1 Å². The van der Waals surface area contributed by atoms with Gasteiger partial charge in [0.2, 0.25) is 0 Å². The summed E-state index contributed by atoms with van der Waals surface area (Å²) in [6, 6.07) is 16.0. The monoisotopic (exact) mass is 358 g/mol. The predicted molar refractivity (Wildman–Crippen MR) is 103 cm³/mol. The first kappa shape index (κ1) is 16.0. The maximum Gasteiger partial charge on any atom is 0.193 e. The van der Waals surface area contributed by atoms with Crippen LogP contribution in [0.15, 0.2) is 59.3 Å². The predicted octanol–water partition coefficient (Wildman–Crippen LogP) is 3.44. The number of aliphatic hydroxyl groups is 1. The van der Waals surface area contributed by atoms with Crippen molar-refractivity contribution in [1.82, 2.24) is 15.1 Å². The quantitative estimate of drug-likeness (QED) is 0.605. The summed E-state index contributed by atoms with van der Waals surface area (Å²) in [5.74, 6) is 0.836. The van der Waals surface area contributed by atoms with Gasteiger partial charge in [-0.3, -0.25) is 0 Å². The van der Waals surface area contributed by atoms with E-state index >= 15 is 0 Å². The molecular formula is C21H18N4O2. The first-order valence-electron chi connectivity index (χ1n) is 8.91. The van der Waals surface area contributed by atoms with E-state index in [1.54, 1.807) is 6.20 Å². The van der Waals surface area contributed by atoms with Gasteiger partial charge in [0.1, 0.15) is 17.0 Å². The number of aryl methyl sites for hydroxylation is 1. The number of nitrogens with zero attached hydrogens (tertiary/aromatic N) is 4. The Labute approximate surface area is 156 Å². The highest BCUT2D eigenvalue weighted by Crippen LogP contribution is 2.38. The standard InChI is InChI=1S/C21H18N4O2/c1-13-19-20(27-24-13)17(10-18(23-19)14-6-3-2-4-7-14)16-8-5-9-22-21(16)25-11-15(26)12-25/h2-10,15,26H,11-12H2,1H3. The fraction of sp³-hybridized carbons (Fsp3) is 0.190. The van der Waals surface area contributed by atoms with Crippen LogP contribution in [0.3, 0.4) is 0 Å². The molecule has 5 rings (SSSR count). The van der Waals surface area contributed by atoms with E-state index in [0.29, 0.717) is 18.7 Å². The van der Waals surface area contributed by atoms with Gasteiger partial charge in [-0.1, -0.05) is 35.5 Å². The topological polar surface area (TPSA) is 75.3 Å². The first-order valence-corrected chi connectivity index (χ1v) is 8.91. The normalized spacial score (nSPS) is 14.5. The Morgan fingerprint density at radius 1 is 1.07 bits per heavy atom. The van der Waals surface area contributed by atoms with Gasteiger partial charge in [-0.2, -0.15) is 0 Å². The molecule has 0 unspecified atom stereocenters. The molecule has 3 aromatic heterocycles. The summed E-state index contributed by atoms with van der Waals surface area (Å²) in [6.45, 7) is 3.06. The molecule has 27 heavy (non-hydrogen) atoms. The molecule has 0 amide bonds. The Morgan fingerprint density at radius 2 is 1.89 bits per heavy atom. The summed E-state index contributed by atoms with van der Waals surface area (Å²) in [5, 5.41) is 13.8. The number of hydrogen-bond acceptors (Lipinski definition) is 6. The van der Waals surface area contributed by atoms with Gasteiger partial charge < -0.3 is 14.5 Å². The third-order valence-electron chi connectivity index (χ3n) is 4.90. The Balaban J connectivity index is 1.74. The van der Waals surface area contributed by atoms with E-state index in [1.807, 2.05) is 55.5 Å². The third kappa shape index (κ3) is 2.65. The average Bonchev–Trinajstić information content (AvgIpc) is 3.07. The summed E-state index contributed by atoms with van der Waals surface area (Å²) in [5.41, 5.74) is 5.92. The first-order chi connectivity index (χ1) is 13.2. The lowest BCUT2D eigenvalue weighted by atomic mass is 10.0. The molecule has 1 aliphatic rings. The minimum atomic E-state index is -0.301. The molecule has 4 aromatic rings. The van der Waals surface area contributed by atoms with Crippen LogP contribution in [-0.2, 0) is 0 Å². The number of benzene rings is 1. The smallest absolute Gasteiger partial charge is 0.193 e. The van der Waals surface area contributed by atoms with E-state index in [1.165, 1.54) is 0 Å². The van der Waals surface area contributed by atoms with Crippen molar-refractivity contribution in [2.24, 2.45) is 0 Å². The molecule has 0 spiro atoms. The van der Waals surface area contributed by atoms with Crippen LogP contribution in [0.4, 0.5) is 5.82 Å². The number of hydrogen-bond donors (Lipinski definition) is 1. The lowest BCUT2D eigenvalue weighted by Gasteiger charge is -2.37. The van der Waals surface area contributed by atoms with Crippen LogP contribution in [0.5, 0.6) is 0 Å². The Morgan fingerprint density at radius 3 is 2.67 bits per heavy atom. The molecule has 0 radical (unpaired) electrons. The van der Waals surface area contributed by atoms with Crippen molar-refractivity contribution in [2.45, 2.75) is 13.0 Å². The molecule has 6 heteroatoms. The molecule has 1 N–H and O–H groups in total. The molecule has 134 valence electrons. The lowest BCUT2D eigenvalue weighted by molar-refractivity contribution is 0.141. The third-order valence-corrected chi connectivity index (χ3v) is 4.90. The zero-order chi connectivity index (χ0) is 18.4. The second-order valence-electron chi connectivity index (χ2n) is 6.80. The largest absolute Gasteiger partial charge is 0.389 e. The number of aromatic nitrogens is 3. The maximum atomic E-state index is 9.70. The zero-order valence-corrected chi connectivity index (χ0v) is 14.8. The highest BCUT2D eigenvalue weighted by Gasteiger charge is 2.28. The highest BCUT2D eigenvalue weighted by molar-refractivity contribution is 5.96. The van der Waals surface area contributed by atoms with E-state index in [9.17, 15) is 5.11 Å². The molecule has 1 aromatic carbocycles. The van der Waals surface area contributed by atoms with Crippen molar-refractivity contribution in [3.8, 4) is 22.4 Å². The molecule has 0 atom stereocenters. The number of rotatable bonds is 3. The fourth-order valence-corrected chi connectivity index (χ4v) is 3.47. The van der Waals surface area contributed by atoms with E-state index in [2.05, 4.69) is 15.0 Å². The van der Waals surface area contributed by atoms with Gasteiger partial charge in [0.05, 0.1) is 11.8 Å². The van der Waals surface area contributed by atoms with Crippen molar-refractivity contribution < 1.29 is 9.63 Å². The summed E-state index contributed by atoms with van der Waals surface area (Å²) in [4.78, 5) is 11.4. The number of β-amino-alcohol motifs (C(OH)–C–C–N with tert-alkyl or cyclic N) is 1. The van der Waals surface area contributed by atoms with Crippen molar-refractivity contribution in [2.75, 3.05) is 18.0 Å². The second-order valence-corrected chi connectivity index (χ2v) is 6.80. The Bertz CT molecular complexity index is 1120. The Hall–Kier alpha value is -3.25. The summed E-state index contributed by atoms with van der Waals surface area (Å²) >= 11 is 0. The van der Waals surface area contributed by atoms with E-state index in [-0.39, 0.29) is 6.10 Å². The second kappa shape index (κ2) is 6.17. The van der Waals surface area contributed by atoms with E-state index < -0.39 is 0 Å². The van der Waals surface area contributed by atoms with Gasteiger partial charge in [0.25, 0.3) is 0 Å².